The number of rotatable bonds is 6. The van der Waals surface area contributed by atoms with E-state index in [0.717, 1.165) is 35.6 Å². The highest BCUT2D eigenvalue weighted by Crippen LogP contribution is 2.24. The van der Waals surface area contributed by atoms with Gasteiger partial charge in [0.1, 0.15) is 17.9 Å². The van der Waals surface area contributed by atoms with Gasteiger partial charge in [-0.05, 0) is 43.4 Å². The minimum atomic E-state index is -0.221. The molecule has 0 aliphatic carbocycles. The van der Waals surface area contributed by atoms with E-state index in [9.17, 15) is 9.59 Å². The standard InChI is InChI=1S/C19H25N5O2S/c1-3-17-21-23(12-18(25)20-11-13-6-5-8-22(13)4-2)19(26)15-10-16-14(24(15)17)7-9-27-16/h7,9-10,13H,3-6,8,11-12H2,1-2H3,(H,20,25)/t13-/m0/s1. The van der Waals surface area contributed by atoms with E-state index in [0.29, 0.717) is 24.5 Å². The molecule has 1 saturated heterocycles. The number of aryl methyl sites for hydroxylation is 1. The zero-order chi connectivity index (χ0) is 19.0. The van der Waals surface area contributed by atoms with Gasteiger partial charge in [0, 0.05) is 19.0 Å². The number of carbonyl (C=O) groups is 1. The molecular formula is C19H25N5O2S. The number of likely N-dealkylation sites (N-methyl/N-ethyl adjacent to an activating group) is 1. The summed E-state index contributed by atoms with van der Waals surface area (Å²) in [5.74, 6) is 0.631. The molecule has 1 fully saturated rings. The molecule has 144 valence electrons. The van der Waals surface area contributed by atoms with Gasteiger partial charge in [-0.1, -0.05) is 13.8 Å². The van der Waals surface area contributed by atoms with E-state index in [2.05, 4.69) is 22.2 Å². The predicted octanol–water partition coefficient (Wildman–Crippen LogP) is 1.87. The lowest BCUT2D eigenvalue weighted by Crippen LogP contribution is -2.42. The van der Waals surface area contributed by atoms with Crippen molar-refractivity contribution in [3.05, 3.63) is 33.7 Å². The second kappa shape index (κ2) is 7.44. The number of nitrogens with zero attached hydrogens (tertiary/aromatic N) is 4. The second-order valence-electron chi connectivity index (χ2n) is 7.00. The Morgan fingerprint density at radius 2 is 2.22 bits per heavy atom. The van der Waals surface area contributed by atoms with Crippen LogP contribution in [0.2, 0.25) is 0 Å². The Balaban J connectivity index is 1.55. The summed E-state index contributed by atoms with van der Waals surface area (Å²) in [6, 6.07) is 4.30. The largest absolute Gasteiger partial charge is 0.353 e. The molecule has 0 aromatic carbocycles. The second-order valence-corrected chi connectivity index (χ2v) is 7.94. The maximum absolute atomic E-state index is 12.9. The van der Waals surface area contributed by atoms with Crippen molar-refractivity contribution in [3.63, 3.8) is 0 Å². The molecule has 1 amide bonds. The molecule has 0 unspecified atom stereocenters. The summed E-state index contributed by atoms with van der Waals surface area (Å²) < 4.78 is 4.28. The molecule has 7 nitrogen and oxygen atoms in total. The maximum atomic E-state index is 12.9. The number of nitrogens with one attached hydrogen (secondary N) is 1. The minimum Gasteiger partial charge on any atom is -0.353 e. The third-order valence-electron chi connectivity index (χ3n) is 5.42. The van der Waals surface area contributed by atoms with E-state index in [4.69, 9.17) is 0 Å². The number of carbonyl (C=O) groups excluding carboxylic acids is 1. The smallest absolute Gasteiger partial charge is 0.291 e. The van der Waals surface area contributed by atoms with Gasteiger partial charge in [0.2, 0.25) is 5.91 Å². The SMILES string of the molecule is CCc1nn(CC(=O)NC[C@@H]2CCCN2CC)c(=O)c2cc3sccc3n12. The first-order valence-electron chi connectivity index (χ1n) is 9.61. The molecule has 1 aliphatic heterocycles. The van der Waals surface area contributed by atoms with E-state index in [1.165, 1.54) is 11.1 Å². The first kappa shape index (κ1) is 18.2. The van der Waals surface area contributed by atoms with Crippen molar-refractivity contribution >= 4 is 33.0 Å². The molecule has 4 heterocycles. The van der Waals surface area contributed by atoms with Crippen LogP contribution in [0.15, 0.2) is 22.3 Å². The quantitative estimate of drug-likeness (QED) is 0.701. The van der Waals surface area contributed by atoms with Gasteiger partial charge >= 0.3 is 0 Å². The summed E-state index contributed by atoms with van der Waals surface area (Å²) in [5, 5.41) is 9.47. The van der Waals surface area contributed by atoms with Crippen LogP contribution in [0.5, 0.6) is 0 Å². The van der Waals surface area contributed by atoms with E-state index >= 15 is 0 Å². The van der Waals surface area contributed by atoms with Crippen molar-refractivity contribution in [3.8, 4) is 0 Å². The highest BCUT2D eigenvalue weighted by molar-refractivity contribution is 7.17. The Hall–Kier alpha value is -2.19. The molecule has 4 rings (SSSR count). The van der Waals surface area contributed by atoms with Crippen molar-refractivity contribution in [2.24, 2.45) is 0 Å². The van der Waals surface area contributed by atoms with Crippen LogP contribution in [0.3, 0.4) is 0 Å². The van der Waals surface area contributed by atoms with Crippen LogP contribution in [0.25, 0.3) is 15.7 Å². The first-order valence-corrected chi connectivity index (χ1v) is 10.5. The third kappa shape index (κ3) is 3.27. The van der Waals surface area contributed by atoms with Crippen molar-refractivity contribution in [2.45, 2.75) is 45.7 Å². The van der Waals surface area contributed by atoms with Crippen LogP contribution in [-0.4, -0.2) is 50.7 Å². The number of fused-ring (bicyclic) bond motifs is 3. The molecule has 1 aliphatic rings. The Labute approximate surface area is 161 Å². The average molecular weight is 388 g/mol. The summed E-state index contributed by atoms with van der Waals surface area (Å²) in [4.78, 5) is 27.7. The van der Waals surface area contributed by atoms with Crippen molar-refractivity contribution in [1.82, 2.24) is 24.4 Å². The monoisotopic (exact) mass is 387 g/mol. The molecule has 8 heteroatoms. The molecule has 0 bridgehead atoms. The van der Waals surface area contributed by atoms with E-state index in [1.807, 2.05) is 28.8 Å². The molecule has 3 aromatic heterocycles. The van der Waals surface area contributed by atoms with Crippen molar-refractivity contribution in [1.29, 1.82) is 0 Å². The lowest BCUT2D eigenvalue weighted by atomic mass is 10.2. The molecule has 0 radical (unpaired) electrons. The van der Waals surface area contributed by atoms with Crippen LogP contribution < -0.4 is 10.9 Å². The van der Waals surface area contributed by atoms with Gasteiger partial charge in [-0.3, -0.25) is 18.9 Å². The third-order valence-corrected chi connectivity index (χ3v) is 6.27. The highest BCUT2D eigenvalue weighted by atomic mass is 32.1. The van der Waals surface area contributed by atoms with Crippen LogP contribution in [-0.2, 0) is 17.8 Å². The Morgan fingerprint density at radius 3 is 3.00 bits per heavy atom. The van der Waals surface area contributed by atoms with Gasteiger partial charge in [0.05, 0.1) is 10.2 Å². The van der Waals surface area contributed by atoms with Crippen LogP contribution in [0.1, 0.15) is 32.5 Å². The molecular weight excluding hydrogens is 362 g/mol. The Kier molecular flexibility index (Phi) is 5.01. The maximum Gasteiger partial charge on any atom is 0.291 e. The summed E-state index contributed by atoms with van der Waals surface area (Å²) in [7, 11) is 0. The van der Waals surface area contributed by atoms with Gasteiger partial charge < -0.3 is 5.32 Å². The molecule has 27 heavy (non-hydrogen) atoms. The zero-order valence-electron chi connectivity index (χ0n) is 15.8. The van der Waals surface area contributed by atoms with Gasteiger partial charge in [0.25, 0.3) is 5.56 Å². The number of aromatic nitrogens is 3. The van der Waals surface area contributed by atoms with Crippen molar-refractivity contribution in [2.75, 3.05) is 19.6 Å². The fourth-order valence-electron chi connectivity index (χ4n) is 4.02. The van der Waals surface area contributed by atoms with Crippen LogP contribution >= 0.6 is 11.3 Å². The number of thiophene rings is 1. The van der Waals surface area contributed by atoms with Gasteiger partial charge in [-0.25, -0.2) is 4.68 Å². The summed E-state index contributed by atoms with van der Waals surface area (Å²) in [5.41, 5.74) is 1.38. The van der Waals surface area contributed by atoms with Gasteiger partial charge in [-0.2, -0.15) is 5.10 Å². The van der Waals surface area contributed by atoms with E-state index in [1.54, 1.807) is 11.3 Å². The number of likely N-dealkylation sites (tertiary alicyclic amines) is 1. The predicted molar refractivity (Wildman–Crippen MR) is 107 cm³/mol. The summed E-state index contributed by atoms with van der Waals surface area (Å²) >= 11 is 1.60. The fraction of sp³-hybridized carbons (Fsp3) is 0.526. The average Bonchev–Trinajstić information content (AvgIpc) is 3.37. The molecule has 1 atom stereocenters. The lowest BCUT2D eigenvalue weighted by molar-refractivity contribution is -0.122. The Bertz CT molecular complexity index is 1030. The van der Waals surface area contributed by atoms with Crippen LogP contribution in [0, 0.1) is 0 Å². The molecule has 3 aromatic rings. The van der Waals surface area contributed by atoms with Crippen molar-refractivity contribution < 1.29 is 4.79 Å². The van der Waals surface area contributed by atoms with E-state index in [-0.39, 0.29) is 18.0 Å². The highest BCUT2D eigenvalue weighted by Gasteiger charge is 2.23. The molecule has 0 spiro atoms. The normalized spacial score (nSPS) is 17.9. The topological polar surface area (TPSA) is 71.6 Å². The summed E-state index contributed by atoms with van der Waals surface area (Å²) in [6.07, 6.45) is 2.97. The fourth-order valence-corrected chi connectivity index (χ4v) is 4.83. The van der Waals surface area contributed by atoms with E-state index < -0.39 is 0 Å². The van der Waals surface area contributed by atoms with Gasteiger partial charge in [-0.15, -0.1) is 11.3 Å². The lowest BCUT2D eigenvalue weighted by Gasteiger charge is -2.22. The number of hydrogen-bond acceptors (Lipinski definition) is 5. The Morgan fingerprint density at radius 1 is 1.37 bits per heavy atom. The van der Waals surface area contributed by atoms with Gasteiger partial charge in [0.15, 0.2) is 0 Å². The molecule has 0 saturated carbocycles. The van der Waals surface area contributed by atoms with Crippen LogP contribution in [0.4, 0.5) is 0 Å². The minimum absolute atomic E-state index is 0.0417. The number of amides is 1. The summed E-state index contributed by atoms with van der Waals surface area (Å²) in [6.45, 7) is 6.84. The zero-order valence-corrected chi connectivity index (χ0v) is 16.6. The first-order chi connectivity index (χ1) is 13.1. The number of hydrogen-bond donors (Lipinski definition) is 1. The molecule has 1 N–H and O–H groups in total.